The van der Waals surface area contributed by atoms with E-state index in [-0.39, 0.29) is 18.3 Å². The number of amides is 1. The molecule has 4 heteroatoms. The van der Waals surface area contributed by atoms with Crippen molar-refractivity contribution in [2.75, 3.05) is 6.54 Å². The summed E-state index contributed by atoms with van der Waals surface area (Å²) < 4.78 is 0. The number of rotatable bonds is 7. The summed E-state index contributed by atoms with van der Waals surface area (Å²) in [6.45, 7) is 5.14. The van der Waals surface area contributed by atoms with Crippen molar-refractivity contribution < 1.29 is 4.79 Å². The fourth-order valence-corrected chi connectivity index (χ4v) is 2.66. The van der Waals surface area contributed by atoms with Crippen LogP contribution in [0.1, 0.15) is 58.8 Å². The Bertz CT molecular complexity index is 234. The molecule has 3 N–H and O–H groups in total. The van der Waals surface area contributed by atoms with E-state index in [4.69, 9.17) is 5.73 Å². The molecule has 1 fully saturated rings. The number of carbonyl (C=O) groups is 1. The minimum Gasteiger partial charge on any atom is -0.353 e. The molecular formula is C14H29ClN2O. The SMILES string of the molecule is CC(C)CCC1CCCC1NC(=O)CCCN.Cl. The van der Waals surface area contributed by atoms with E-state index in [0.29, 0.717) is 24.9 Å². The highest BCUT2D eigenvalue weighted by molar-refractivity contribution is 5.85. The fraction of sp³-hybridized carbons (Fsp3) is 0.929. The highest BCUT2D eigenvalue weighted by Crippen LogP contribution is 2.30. The lowest BCUT2D eigenvalue weighted by atomic mass is 9.93. The third-order valence-corrected chi connectivity index (χ3v) is 3.73. The molecule has 18 heavy (non-hydrogen) atoms. The molecule has 0 aliphatic heterocycles. The van der Waals surface area contributed by atoms with Gasteiger partial charge in [-0.25, -0.2) is 0 Å². The molecule has 2 atom stereocenters. The van der Waals surface area contributed by atoms with Crippen LogP contribution in [0.3, 0.4) is 0 Å². The highest BCUT2D eigenvalue weighted by Gasteiger charge is 2.27. The molecule has 1 amide bonds. The fourth-order valence-electron chi connectivity index (χ4n) is 2.66. The van der Waals surface area contributed by atoms with Crippen LogP contribution < -0.4 is 11.1 Å². The Morgan fingerprint density at radius 2 is 2.11 bits per heavy atom. The molecule has 0 bridgehead atoms. The number of halogens is 1. The number of hydrogen-bond donors (Lipinski definition) is 2. The summed E-state index contributed by atoms with van der Waals surface area (Å²) in [6.07, 6.45) is 7.65. The zero-order valence-electron chi connectivity index (χ0n) is 11.8. The molecule has 0 aromatic heterocycles. The highest BCUT2D eigenvalue weighted by atomic mass is 35.5. The van der Waals surface area contributed by atoms with E-state index in [2.05, 4.69) is 19.2 Å². The van der Waals surface area contributed by atoms with Crippen LogP contribution in [0.4, 0.5) is 0 Å². The molecule has 0 saturated heterocycles. The maximum absolute atomic E-state index is 11.7. The van der Waals surface area contributed by atoms with Crippen molar-refractivity contribution in [1.82, 2.24) is 5.32 Å². The number of hydrogen-bond acceptors (Lipinski definition) is 2. The van der Waals surface area contributed by atoms with Crippen molar-refractivity contribution in [3.8, 4) is 0 Å². The molecule has 2 unspecified atom stereocenters. The van der Waals surface area contributed by atoms with E-state index >= 15 is 0 Å². The zero-order chi connectivity index (χ0) is 12.7. The van der Waals surface area contributed by atoms with Gasteiger partial charge in [0, 0.05) is 12.5 Å². The van der Waals surface area contributed by atoms with Gasteiger partial charge in [-0.15, -0.1) is 12.4 Å². The van der Waals surface area contributed by atoms with Gasteiger partial charge < -0.3 is 11.1 Å². The van der Waals surface area contributed by atoms with Crippen LogP contribution >= 0.6 is 12.4 Å². The van der Waals surface area contributed by atoms with Crippen molar-refractivity contribution >= 4 is 18.3 Å². The third-order valence-electron chi connectivity index (χ3n) is 3.73. The predicted octanol–water partition coefficient (Wildman–Crippen LogP) is 2.87. The molecule has 1 aliphatic carbocycles. The summed E-state index contributed by atoms with van der Waals surface area (Å²) in [5.74, 6) is 1.67. The van der Waals surface area contributed by atoms with Crippen LogP contribution in [-0.4, -0.2) is 18.5 Å². The maximum atomic E-state index is 11.7. The zero-order valence-corrected chi connectivity index (χ0v) is 12.6. The van der Waals surface area contributed by atoms with E-state index in [1.807, 2.05) is 0 Å². The summed E-state index contributed by atoms with van der Waals surface area (Å²) in [7, 11) is 0. The average molecular weight is 277 g/mol. The molecule has 1 rings (SSSR count). The molecule has 3 nitrogen and oxygen atoms in total. The topological polar surface area (TPSA) is 55.1 Å². The van der Waals surface area contributed by atoms with Crippen LogP contribution in [0.5, 0.6) is 0 Å². The normalized spacial score (nSPS) is 22.9. The minimum absolute atomic E-state index is 0. The molecular weight excluding hydrogens is 248 g/mol. The largest absolute Gasteiger partial charge is 0.353 e. The molecule has 108 valence electrons. The second-order valence-corrected chi connectivity index (χ2v) is 5.73. The van der Waals surface area contributed by atoms with Gasteiger partial charge in [-0.3, -0.25) is 4.79 Å². The number of nitrogens with one attached hydrogen (secondary N) is 1. The summed E-state index contributed by atoms with van der Waals surface area (Å²) in [4.78, 5) is 11.7. The monoisotopic (exact) mass is 276 g/mol. The van der Waals surface area contributed by atoms with Crippen LogP contribution in [-0.2, 0) is 4.79 Å². The van der Waals surface area contributed by atoms with E-state index in [0.717, 1.165) is 18.8 Å². The molecule has 0 heterocycles. The van der Waals surface area contributed by atoms with Crippen LogP contribution in [0.15, 0.2) is 0 Å². The van der Waals surface area contributed by atoms with Crippen molar-refractivity contribution in [3.63, 3.8) is 0 Å². The van der Waals surface area contributed by atoms with E-state index < -0.39 is 0 Å². The first-order valence-electron chi connectivity index (χ1n) is 7.13. The molecule has 0 aromatic carbocycles. The van der Waals surface area contributed by atoms with Crippen LogP contribution in [0.25, 0.3) is 0 Å². The van der Waals surface area contributed by atoms with Crippen LogP contribution in [0.2, 0.25) is 0 Å². The van der Waals surface area contributed by atoms with Gasteiger partial charge in [0.1, 0.15) is 0 Å². The molecule has 0 spiro atoms. The van der Waals surface area contributed by atoms with Gasteiger partial charge in [0.2, 0.25) is 5.91 Å². The first-order chi connectivity index (χ1) is 8.13. The quantitative estimate of drug-likeness (QED) is 0.751. The van der Waals surface area contributed by atoms with Gasteiger partial charge in [0.15, 0.2) is 0 Å². The van der Waals surface area contributed by atoms with Crippen molar-refractivity contribution in [2.24, 2.45) is 17.6 Å². The number of carbonyl (C=O) groups excluding carboxylic acids is 1. The lowest BCUT2D eigenvalue weighted by Gasteiger charge is -2.21. The van der Waals surface area contributed by atoms with Gasteiger partial charge in [-0.1, -0.05) is 26.7 Å². The summed E-state index contributed by atoms with van der Waals surface area (Å²) in [5.41, 5.74) is 5.41. The van der Waals surface area contributed by atoms with Gasteiger partial charge >= 0.3 is 0 Å². The Hall–Kier alpha value is -0.280. The Balaban J connectivity index is 0.00000289. The van der Waals surface area contributed by atoms with Gasteiger partial charge in [0.05, 0.1) is 0 Å². The van der Waals surface area contributed by atoms with Gasteiger partial charge in [0.25, 0.3) is 0 Å². The maximum Gasteiger partial charge on any atom is 0.220 e. The average Bonchev–Trinajstić information content (AvgIpc) is 2.71. The molecule has 0 radical (unpaired) electrons. The smallest absolute Gasteiger partial charge is 0.220 e. The van der Waals surface area contributed by atoms with Crippen LogP contribution in [0, 0.1) is 11.8 Å². The lowest BCUT2D eigenvalue weighted by Crippen LogP contribution is -2.37. The summed E-state index contributed by atoms with van der Waals surface area (Å²) >= 11 is 0. The first kappa shape index (κ1) is 17.7. The number of nitrogens with two attached hydrogens (primary N) is 1. The first-order valence-corrected chi connectivity index (χ1v) is 7.13. The second-order valence-electron chi connectivity index (χ2n) is 5.73. The molecule has 1 aliphatic rings. The Morgan fingerprint density at radius 1 is 1.39 bits per heavy atom. The van der Waals surface area contributed by atoms with E-state index in [1.165, 1.54) is 25.7 Å². The second kappa shape index (κ2) is 9.62. The summed E-state index contributed by atoms with van der Waals surface area (Å²) in [6, 6.07) is 0.430. The van der Waals surface area contributed by atoms with Gasteiger partial charge in [-0.05, 0) is 44.1 Å². The lowest BCUT2D eigenvalue weighted by molar-refractivity contribution is -0.122. The van der Waals surface area contributed by atoms with E-state index in [9.17, 15) is 4.79 Å². The predicted molar refractivity (Wildman–Crippen MR) is 78.9 cm³/mol. The summed E-state index contributed by atoms with van der Waals surface area (Å²) in [5, 5.41) is 3.19. The molecule has 1 saturated carbocycles. The van der Waals surface area contributed by atoms with Crippen molar-refractivity contribution in [1.29, 1.82) is 0 Å². The van der Waals surface area contributed by atoms with Gasteiger partial charge in [-0.2, -0.15) is 0 Å². The standard InChI is InChI=1S/C14H28N2O.ClH/c1-11(2)8-9-12-5-3-6-13(12)16-14(17)7-4-10-15;/h11-13H,3-10,15H2,1-2H3,(H,16,17);1H. The Kier molecular flexibility index (Phi) is 9.47. The van der Waals surface area contributed by atoms with Crippen molar-refractivity contribution in [3.05, 3.63) is 0 Å². The third kappa shape index (κ3) is 6.60. The van der Waals surface area contributed by atoms with Crippen molar-refractivity contribution in [2.45, 2.75) is 64.8 Å². The molecule has 0 aromatic rings. The Labute approximate surface area is 118 Å². The minimum atomic E-state index is 0. The Morgan fingerprint density at radius 3 is 2.72 bits per heavy atom. The van der Waals surface area contributed by atoms with E-state index in [1.54, 1.807) is 0 Å².